The third kappa shape index (κ3) is 3.76. The predicted molar refractivity (Wildman–Crippen MR) is 105 cm³/mol. The average molecular weight is 356 g/mol. The molecule has 0 unspecified atom stereocenters. The SMILES string of the molecule is Cl.Nc1ccc(-c2ccc(CN3CCOCC3)nc2)c2ccccc12. The first-order chi connectivity index (χ1) is 11.8. The van der Waals surface area contributed by atoms with Gasteiger partial charge in [0.1, 0.15) is 0 Å². The van der Waals surface area contributed by atoms with Crippen molar-refractivity contribution in [1.82, 2.24) is 9.88 Å². The van der Waals surface area contributed by atoms with Crippen molar-refractivity contribution in [2.75, 3.05) is 32.0 Å². The first kappa shape index (κ1) is 17.7. The number of fused-ring (bicyclic) bond motifs is 1. The van der Waals surface area contributed by atoms with Crippen molar-refractivity contribution in [3.63, 3.8) is 0 Å². The van der Waals surface area contributed by atoms with Gasteiger partial charge in [-0.25, -0.2) is 0 Å². The molecule has 1 saturated heterocycles. The topological polar surface area (TPSA) is 51.4 Å². The number of pyridine rings is 1. The highest BCUT2D eigenvalue weighted by atomic mass is 35.5. The van der Waals surface area contributed by atoms with Crippen molar-refractivity contribution in [2.24, 2.45) is 0 Å². The van der Waals surface area contributed by atoms with Crippen molar-refractivity contribution >= 4 is 28.9 Å². The zero-order chi connectivity index (χ0) is 16.4. The van der Waals surface area contributed by atoms with E-state index in [0.29, 0.717) is 0 Å². The van der Waals surface area contributed by atoms with E-state index < -0.39 is 0 Å². The largest absolute Gasteiger partial charge is 0.398 e. The summed E-state index contributed by atoms with van der Waals surface area (Å²) in [6, 6.07) is 16.6. The molecule has 1 fully saturated rings. The van der Waals surface area contributed by atoms with Gasteiger partial charge in [-0.2, -0.15) is 0 Å². The van der Waals surface area contributed by atoms with Gasteiger partial charge in [0.2, 0.25) is 0 Å². The van der Waals surface area contributed by atoms with Crippen LogP contribution in [0.5, 0.6) is 0 Å². The van der Waals surface area contributed by atoms with Crippen molar-refractivity contribution in [2.45, 2.75) is 6.54 Å². The normalized spacial score (nSPS) is 15.0. The lowest BCUT2D eigenvalue weighted by Gasteiger charge is -2.26. The summed E-state index contributed by atoms with van der Waals surface area (Å²) in [5.74, 6) is 0. The number of benzene rings is 2. The molecule has 2 N–H and O–H groups in total. The number of hydrogen-bond donors (Lipinski definition) is 1. The van der Waals surface area contributed by atoms with Crippen LogP contribution in [0.15, 0.2) is 54.7 Å². The molecule has 4 rings (SSSR count). The minimum atomic E-state index is 0. The molecule has 1 aliphatic heterocycles. The number of rotatable bonds is 3. The van der Waals surface area contributed by atoms with Crippen LogP contribution < -0.4 is 5.73 Å². The van der Waals surface area contributed by atoms with Gasteiger partial charge >= 0.3 is 0 Å². The minimum Gasteiger partial charge on any atom is -0.398 e. The van der Waals surface area contributed by atoms with Crippen LogP contribution >= 0.6 is 12.4 Å². The van der Waals surface area contributed by atoms with E-state index >= 15 is 0 Å². The van der Waals surface area contributed by atoms with Gasteiger partial charge in [0.15, 0.2) is 0 Å². The second-order valence-electron chi connectivity index (χ2n) is 6.17. The number of hydrogen-bond acceptors (Lipinski definition) is 4. The van der Waals surface area contributed by atoms with Crippen LogP contribution in [0.1, 0.15) is 5.69 Å². The first-order valence-electron chi connectivity index (χ1n) is 8.34. The molecule has 0 bridgehead atoms. The van der Waals surface area contributed by atoms with Crippen molar-refractivity contribution in [3.05, 3.63) is 60.4 Å². The van der Waals surface area contributed by atoms with Gasteiger partial charge < -0.3 is 10.5 Å². The number of halogens is 1. The summed E-state index contributed by atoms with van der Waals surface area (Å²) in [6.45, 7) is 4.47. The monoisotopic (exact) mass is 355 g/mol. The van der Waals surface area contributed by atoms with Crippen LogP contribution in [0.3, 0.4) is 0 Å². The Balaban J connectivity index is 0.00000182. The van der Waals surface area contributed by atoms with Gasteiger partial charge in [0.25, 0.3) is 0 Å². The van der Waals surface area contributed by atoms with Crippen LogP contribution in [-0.2, 0) is 11.3 Å². The molecule has 0 amide bonds. The van der Waals surface area contributed by atoms with Crippen LogP contribution in [-0.4, -0.2) is 36.2 Å². The third-order valence-corrected chi connectivity index (χ3v) is 4.58. The van der Waals surface area contributed by atoms with E-state index in [9.17, 15) is 0 Å². The number of anilines is 1. The molecule has 4 nitrogen and oxygen atoms in total. The van der Waals surface area contributed by atoms with Gasteiger partial charge in [-0.3, -0.25) is 9.88 Å². The molecule has 0 spiro atoms. The molecule has 25 heavy (non-hydrogen) atoms. The number of nitrogens with zero attached hydrogens (tertiary/aromatic N) is 2. The molecule has 1 aliphatic rings. The van der Waals surface area contributed by atoms with Crippen molar-refractivity contribution in [3.8, 4) is 11.1 Å². The number of nitrogen functional groups attached to an aromatic ring is 1. The fraction of sp³-hybridized carbons (Fsp3) is 0.250. The van der Waals surface area contributed by atoms with Crippen molar-refractivity contribution in [1.29, 1.82) is 0 Å². The summed E-state index contributed by atoms with van der Waals surface area (Å²) < 4.78 is 5.39. The molecule has 130 valence electrons. The summed E-state index contributed by atoms with van der Waals surface area (Å²) >= 11 is 0. The summed E-state index contributed by atoms with van der Waals surface area (Å²) in [5.41, 5.74) is 10.3. The predicted octanol–water partition coefficient (Wildman–Crippen LogP) is 3.74. The Morgan fingerprint density at radius 1 is 0.960 bits per heavy atom. The molecule has 0 radical (unpaired) electrons. The lowest BCUT2D eigenvalue weighted by molar-refractivity contribution is 0.0336. The zero-order valence-electron chi connectivity index (χ0n) is 14.0. The summed E-state index contributed by atoms with van der Waals surface area (Å²) in [4.78, 5) is 7.04. The van der Waals surface area contributed by atoms with E-state index in [-0.39, 0.29) is 12.4 Å². The lowest BCUT2D eigenvalue weighted by Crippen LogP contribution is -2.35. The van der Waals surface area contributed by atoms with Crippen LogP contribution in [0.4, 0.5) is 5.69 Å². The van der Waals surface area contributed by atoms with Gasteiger partial charge in [0.05, 0.1) is 18.9 Å². The highest BCUT2D eigenvalue weighted by Gasteiger charge is 2.12. The second-order valence-corrected chi connectivity index (χ2v) is 6.17. The van der Waals surface area contributed by atoms with Crippen LogP contribution in [0.25, 0.3) is 21.9 Å². The first-order valence-corrected chi connectivity index (χ1v) is 8.34. The van der Waals surface area contributed by atoms with Crippen LogP contribution in [0, 0.1) is 0 Å². The Labute approximate surface area is 154 Å². The molecule has 3 aromatic rings. The van der Waals surface area contributed by atoms with Gasteiger partial charge in [-0.05, 0) is 23.1 Å². The molecule has 5 heteroatoms. The molecular formula is C20H22ClN3O. The van der Waals surface area contributed by atoms with E-state index in [1.807, 2.05) is 24.4 Å². The van der Waals surface area contributed by atoms with Crippen LogP contribution in [0.2, 0.25) is 0 Å². The Bertz CT molecular complexity index is 845. The fourth-order valence-corrected chi connectivity index (χ4v) is 3.24. The van der Waals surface area contributed by atoms with Gasteiger partial charge in [-0.15, -0.1) is 12.4 Å². The Morgan fingerprint density at radius 2 is 1.72 bits per heavy atom. The Hall–Kier alpha value is -2.14. The molecule has 0 atom stereocenters. The highest BCUT2D eigenvalue weighted by Crippen LogP contribution is 2.31. The molecule has 1 aromatic heterocycles. The Morgan fingerprint density at radius 3 is 2.44 bits per heavy atom. The van der Waals surface area contributed by atoms with Gasteiger partial charge in [-0.1, -0.05) is 36.4 Å². The standard InChI is InChI=1S/C20H21N3O.ClH/c21-20-8-7-17(18-3-1-2-4-19(18)20)15-5-6-16(22-13-15)14-23-9-11-24-12-10-23;/h1-8,13H,9-12,14,21H2;1H. The maximum atomic E-state index is 6.10. The van der Waals surface area contributed by atoms with Crippen molar-refractivity contribution < 1.29 is 4.74 Å². The number of nitrogens with two attached hydrogens (primary N) is 1. The lowest BCUT2D eigenvalue weighted by atomic mass is 9.98. The molecule has 2 aromatic carbocycles. The zero-order valence-corrected chi connectivity index (χ0v) is 14.8. The maximum absolute atomic E-state index is 6.10. The summed E-state index contributed by atoms with van der Waals surface area (Å²) in [5, 5.41) is 2.26. The van der Waals surface area contributed by atoms with Gasteiger partial charge in [0, 0.05) is 42.5 Å². The smallest absolute Gasteiger partial charge is 0.0594 e. The van der Waals surface area contributed by atoms with E-state index in [4.69, 9.17) is 10.5 Å². The van der Waals surface area contributed by atoms with E-state index in [2.05, 4.69) is 40.2 Å². The summed E-state index contributed by atoms with van der Waals surface area (Å²) in [7, 11) is 0. The molecule has 0 aliphatic carbocycles. The molecule has 2 heterocycles. The maximum Gasteiger partial charge on any atom is 0.0594 e. The summed E-state index contributed by atoms with van der Waals surface area (Å²) in [6.07, 6.45) is 1.97. The number of morpholine rings is 1. The number of aromatic nitrogens is 1. The third-order valence-electron chi connectivity index (χ3n) is 4.58. The average Bonchev–Trinajstić information content (AvgIpc) is 2.64. The second kappa shape index (κ2) is 7.83. The molecular weight excluding hydrogens is 334 g/mol. The van der Waals surface area contributed by atoms with E-state index in [0.717, 1.165) is 55.2 Å². The number of ether oxygens (including phenoxy) is 1. The van der Waals surface area contributed by atoms with E-state index in [1.54, 1.807) is 0 Å². The van der Waals surface area contributed by atoms with E-state index in [1.165, 1.54) is 10.9 Å². The minimum absolute atomic E-state index is 0. The molecule has 0 saturated carbocycles. The fourth-order valence-electron chi connectivity index (χ4n) is 3.24. The Kier molecular flexibility index (Phi) is 5.53. The quantitative estimate of drug-likeness (QED) is 0.727. The highest BCUT2D eigenvalue weighted by molar-refractivity contribution is 6.02.